The number of methoxy groups -OCH3 is 1. The zero-order chi connectivity index (χ0) is 8.43. The Morgan fingerprint density at radius 2 is 2.27 bits per heavy atom. The number of carbonyl (C=O) groups excluding carboxylic acids is 1. The van der Waals surface area contributed by atoms with Crippen LogP contribution in [-0.2, 0) is 9.53 Å². The zero-order valence-electron chi connectivity index (χ0n) is 6.91. The number of aliphatic hydroxyl groups is 1. The summed E-state index contributed by atoms with van der Waals surface area (Å²) >= 11 is 0. The molecule has 1 N–H and O–H groups in total. The molecule has 0 heterocycles. The Labute approximate surface area is 66.4 Å². The predicted octanol–water partition coefficient (Wildman–Crippen LogP) is 0.566. The molecule has 1 fully saturated rings. The normalized spacial score (nSPS) is 32.3. The summed E-state index contributed by atoms with van der Waals surface area (Å²) in [5.74, 6) is 0.0908. The molecule has 1 aliphatic carbocycles. The Kier molecular flexibility index (Phi) is 2.49. The molecule has 3 nitrogen and oxygen atoms in total. The first-order chi connectivity index (χ1) is 5.16. The van der Waals surface area contributed by atoms with E-state index >= 15 is 0 Å². The summed E-state index contributed by atoms with van der Waals surface area (Å²) in [6, 6.07) is 0. The van der Waals surface area contributed by atoms with E-state index in [1.165, 1.54) is 7.11 Å². The van der Waals surface area contributed by atoms with Gasteiger partial charge in [0.15, 0.2) is 6.10 Å². The van der Waals surface area contributed by atoms with Gasteiger partial charge in [0.1, 0.15) is 0 Å². The standard InChI is InChI=1S/C8H14O3/c1-5-3-4-6(5)7(9)8(10)11-2/h5-7,9H,3-4H2,1-2H3. The molecule has 1 rings (SSSR count). The summed E-state index contributed by atoms with van der Waals surface area (Å²) in [6.45, 7) is 2.04. The van der Waals surface area contributed by atoms with Gasteiger partial charge >= 0.3 is 5.97 Å². The molecule has 11 heavy (non-hydrogen) atoms. The van der Waals surface area contributed by atoms with Crippen molar-refractivity contribution in [2.75, 3.05) is 7.11 Å². The predicted molar refractivity (Wildman–Crippen MR) is 39.9 cm³/mol. The van der Waals surface area contributed by atoms with Crippen molar-refractivity contribution in [2.45, 2.75) is 25.9 Å². The molecule has 0 aromatic heterocycles. The minimum absolute atomic E-state index is 0.127. The fourth-order valence-corrected chi connectivity index (χ4v) is 1.46. The zero-order valence-corrected chi connectivity index (χ0v) is 6.91. The molecular formula is C8H14O3. The Bertz CT molecular complexity index is 155. The van der Waals surface area contributed by atoms with E-state index in [1.807, 2.05) is 6.92 Å². The Balaban J connectivity index is 2.40. The second kappa shape index (κ2) is 3.22. The lowest BCUT2D eigenvalue weighted by Crippen LogP contribution is -2.39. The minimum Gasteiger partial charge on any atom is -0.467 e. The lowest BCUT2D eigenvalue weighted by molar-refractivity contribution is -0.157. The Morgan fingerprint density at radius 1 is 1.64 bits per heavy atom. The van der Waals surface area contributed by atoms with Crippen molar-refractivity contribution in [3.63, 3.8) is 0 Å². The van der Waals surface area contributed by atoms with Crippen LogP contribution >= 0.6 is 0 Å². The van der Waals surface area contributed by atoms with Gasteiger partial charge in [-0.15, -0.1) is 0 Å². The summed E-state index contributed by atoms with van der Waals surface area (Å²) < 4.78 is 4.43. The van der Waals surface area contributed by atoms with E-state index in [2.05, 4.69) is 4.74 Å². The van der Waals surface area contributed by atoms with Crippen LogP contribution in [0.3, 0.4) is 0 Å². The van der Waals surface area contributed by atoms with Crippen molar-refractivity contribution in [3.8, 4) is 0 Å². The van der Waals surface area contributed by atoms with Crippen molar-refractivity contribution in [3.05, 3.63) is 0 Å². The molecule has 0 aromatic rings. The molecule has 0 saturated heterocycles. The number of aliphatic hydroxyl groups excluding tert-OH is 1. The molecule has 0 radical (unpaired) electrons. The lowest BCUT2D eigenvalue weighted by Gasteiger charge is -2.35. The van der Waals surface area contributed by atoms with Crippen molar-refractivity contribution in [2.24, 2.45) is 11.8 Å². The SMILES string of the molecule is COC(=O)C(O)C1CCC1C. The van der Waals surface area contributed by atoms with Gasteiger partial charge < -0.3 is 9.84 Å². The number of ether oxygens (including phenoxy) is 1. The summed E-state index contributed by atoms with van der Waals surface area (Å²) in [4.78, 5) is 10.8. The average Bonchev–Trinajstić information content (AvgIpc) is 2.00. The summed E-state index contributed by atoms with van der Waals surface area (Å²) in [7, 11) is 1.30. The number of carbonyl (C=O) groups is 1. The average molecular weight is 158 g/mol. The van der Waals surface area contributed by atoms with Crippen LogP contribution in [0.2, 0.25) is 0 Å². The molecular weight excluding hydrogens is 144 g/mol. The molecule has 3 atom stereocenters. The van der Waals surface area contributed by atoms with E-state index in [1.54, 1.807) is 0 Å². The molecule has 3 unspecified atom stereocenters. The highest BCUT2D eigenvalue weighted by molar-refractivity contribution is 5.74. The molecule has 0 aliphatic heterocycles. The second-order valence-corrected chi connectivity index (χ2v) is 3.19. The smallest absolute Gasteiger partial charge is 0.334 e. The molecule has 3 heteroatoms. The van der Waals surface area contributed by atoms with E-state index in [4.69, 9.17) is 0 Å². The minimum atomic E-state index is -0.899. The molecule has 0 aromatic carbocycles. The maximum absolute atomic E-state index is 10.8. The highest BCUT2D eigenvalue weighted by Crippen LogP contribution is 2.36. The van der Waals surface area contributed by atoms with Gasteiger partial charge in [0.05, 0.1) is 7.11 Å². The van der Waals surface area contributed by atoms with Crippen LogP contribution in [0.1, 0.15) is 19.8 Å². The van der Waals surface area contributed by atoms with Gasteiger partial charge in [0.2, 0.25) is 0 Å². The van der Waals surface area contributed by atoms with Gasteiger partial charge in [-0.05, 0) is 24.7 Å². The second-order valence-electron chi connectivity index (χ2n) is 3.19. The van der Waals surface area contributed by atoms with Crippen LogP contribution in [0.5, 0.6) is 0 Å². The topological polar surface area (TPSA) is 46.5 Å². The summed E-state index contributed by atoms with van der Waals surface area (Å²) in [5.41, 5.74) is 0. The van der Waals surface area contributed by atoms with Crippen LogP contribution in [0, 0.1) is 11.8 Å². The number of hydrogen-bond acceptors (Lipinski definition) is 3. The van der Waals surface area contributed by atoms with Gasteiger partial charge in [-0.3, -0.25) is 0 Å². The van der Waals surface area contributed by atoms with E-state index in [-0.39, 0.29) is 5.92 Å². The third-order valence-corrected chi connectivity index (χ3v) is 2.53. The first-order valence-corrected chi connectivity index (χ1v) is 3.92. The van der Waals surface area contributed by atoms with Crippen molar-refractivity contribution in [1.29, 1.82) is 0 Å². The molecule has 1 aliphatic rings. The molecule has 0 spiro atoms. The van der Waals surface area contributed by atoms with Crippen molar-refractivity contribution >= 4 is 5.97 Å². The van der Waals surface area contributed by atoms with E-state index in [0.29, 0.717) is 5.92 Å². The van der Waals surface area contributed by atoms with Crippen LogP contribution in [-0.4, -0.2) is 24.3 Å². The van der Waals surface area contributed by atoms with Gasteiger partial charge in [-0.25, -0.2) is 4.79 Å². The quantitative estimate of drug-likeness (QED) is 0.597. The number of esters is 1. The van der Waals surface area contributed by atoms with Crippen molar-refractivity contribution < 1.29 is 14.6 Å². The molecule has 0 amide bonds. The first kappa shape index (κ1) is 8.53. The highest BCUT2D eigenvalue weighted by Gasteiger charge is 2.37. The Hall–Kier alpha value is -0.570. The van der Waals surface area contributed by atoms with Crippen LogP contribution in [0.15, 0.2) is 0 Å². The molecule has 0 bridgehead atoms. The van der Waals surface area contributed by atoms with E-state index in [0.717, 1.165) is 12.8 Å². The van der Waals surface area contributed by atoms with Gasteiger partial charge in [-0.1, -0.05) is 6.92 Å². The van der Waals surface area contributed by atoms with Crippen LogP contribution in [0.25, 0.3) is 0 Å². The fraction of sp³-hybridized carbons (Fsp3) is 0.875. The third kappa shape index (κ3) is 1.53. The summed E-state index contributed by atoms with van der Waals surface area (Å²) in [6.07, 6.45) is 1.15. The van der Waals surface area contributed by atoms with Gasteiger partial charge in [0, 0.05) is 0 Å². The Morgan fingerprint density at radius 3 is 2.55 bits per heavy atom. The molecule has 1 saturated carbocycles. The maximum Gasteiger partial charge on any atom is 0.334 e. The lowest BCUT2D eigenvalue weighted by atomic mass is 9.72. The fourth-order valence-electron chi connectivity index (χ4n) is 1.46. The van der Waals surface area contributed by atoms with Crippen molar-refractivity contribution in [1.82, 2.24) is 0 Å². The van der Waals surface area contributed by atoms with Crippen LogP contribution < -0.4 is 0 Å². The monoisotopic (exact) mass is 158 g/mol. The van der Waals surface area contributed by atoms with Crippen LogP contribution in [0.4, 0.5) is 0 Å². The van der Waals surface area contributed by atoms with E-state index < -0.39 is 12.1 Å². The van der Waals surface area contributed by atoms with Gasteiger partial charge in [0.25, 0.3) is 0 Å². The number of hydrogen-bond donors (Lipinski definition) is 1. The largest absolute Gasteiger partial charge is 0.467 e. The van der Waals surface area contributed by atoms with Gasteiger partial charge in [-0.2, -0.15) is 0 Å². The van der Waals surface area contributed by atoms with E-state index in [9.17, 15) is 9.90 Å². The number of rotatable bonds is 2. The summed E-state index contributed by atoms with van der Waals surface area (Å²) in [5, 5.41) is 9.33. The highest BCUT2D eigenvalue weighted by atomic mass is 16.5. The first-order valence-electron chi connectivity index (χ1n) is 3.92. The maximum atomic E-state index is 10.8. The molecule has 64 valence electrons. The third-order valence-electron chi connectivity index (χ3n) is 2.53.